The molecule has 0 aromatic carbocycles. The molecular formula is C12H22O2. The van der Waals surface area contributed by atoms with Crippen molar-refractivity contribution in [2.75, 3.05) is 6.61 Å². The zero-order chi connectivity index (χ0) is 10.8. The van der Waals surface area contributed by atoms with Crippen molar-refractivity contribution in [3.63, 3.8) is 0 Å². The number of hydrogen-bond acceptors (Lipinski definition) is 2. The SMILES string of the molecule is C=C[C@@H]1COC(C)(C)C[C@]1(O)CCC. The molecule has 0 spiro atoms. The Labute approximate surface area is 87.0 Å². The van der Waals surface area contributed by atoms with Crippen LogP contribution in [0.25, 0.3) is 0 Å². The van der Waals surface area contributed by atoms with Crippen LogP contribution >= 0.6 is 0 Å². The average Bonchev–Trinajstić information content (AvgIpc) is 2.02. The van der Waals surface area contributed by atoms with Crippen molar-refractivity contribution in [3.05, 3.63) is 12.7 Å². The fraction of sp³-hybridized carbons (Fsp3) is 0.833. The van der Waals surface area contributed by atoms with Gasteiger partial charge in [0.15, 0.2) is 0 Å². The molecule has 1 rings (SSSR count). The predicted octanol–water partition coefficient (Wildman–Crippen LogP) is 2.52. The molecule has 0 bridgehead atoms. The van der Waals surface area contributed by atoms with Gasteiger partial charge < -0.3 is 9.84 Å². The van der Waals surface area contributed by atoms with Gasteiger partial charge in [0, 0.05) is 12.3 Å². The highest BCUT2D eigenvalue weighted by Crippen LogP contribution is 2.39. The molecule has 1 aliphatic rings. The standard InChI is InChI=1S/C12H22O2/c1-5-7-12(13)9-11(3,4)14-8-10(12)6-2/h6,10,13H,2,5,7-9H2,1,3-4H3/t10-,12-/m1/s1. The summed E-state index contributed by atoms with van der Waals surface area (Å²) in [4.78, 5) is 0. The third-order valence-corrected chi connectivity index (χ3v) is 3.04. The molecule has 1 heterocycles. The highest BCUT2D eigenvalue weighted by molar-refractivity contribution is 5.02. The molecule has 2 heteroatoms. The van der Waals surface area contributed by atoms with E-state index < -0.39 is 5.60 Å². The van der Waals surface area contributed by atoms with Gasteiger partial charge in [-0.05, 0) is 20.3 Å². The third kappa shape index (κ3) is 2.37. The molecule has 1 fully saturated rings. The largest absolute Gasteiger partial charge is 0.389 e. The highest BCUT2D eigenvalue weighted by atomic mass is 16.5. The van der Waals surface area contributed by atoms with Gasteiger partial charge in [0.25, 0.3) is 0 Å². The Kier molecular flexibility index (Phi) is 3.38. The first-order valence-corrected chi connectivity index (χ1v) is 5.42. The van der Waals surface area contributed by atoms with E-state index in [-0.39, 0.29) is 11.5 Å². The van der Waals surface area contributed by atoms with E-state index in [1.807, 2.05) is 19.9 Å². The number of rotatable bonds is 3. The van der Waals surface area contributed by atoms with Crippen molar-refractivity contribution in [1.29, 1.82) is 0 Å². The molecule has 0 unspecified atom stereocenters. The van der Waals surface area contributed by atoms with E-state index in [0.717, 1.165) is 12.8 Å². The fourth-order valence-electron chi connectivity index (χ4n) is 2.38. The van der Waals surface area contributed by atoms with Crippen LogP contribution in [0.15, 0.2) is 12.7 Å². The van der Waals surface area contributed by atoms with E-state index in [2.05, 4.69) is 13.5 Å². The van der Waals surface area contributed by atoms with Gasteiger partial charge in [-0.15, -0.1) is 6.58 Å². The maximum Gasteiger partial charge on any atom is 0.0759 e. The molecule has 0 aliphatic carbocycles. The van der Waals surface area contributed by atoms with Gasteiger partial charge >= 0.3 is 0 Å². The van der Waals surface area contributed by atoms with Crippen LogP contribution in [0, 0.1) is 5.92 Å². The first-order valence-electron chi connectivity index (χ1n) is 5.42. The summed E-state index contributed by atoms with van der Waals surface area (Å²) >= 11 is 0. The Hall–Kier alpha value is -0.340. The molecule has 2 atom stereocenters. The quantitative estimate of drug-likeness (QED) is 0.706. The summed E-state index contributed by atoms with van der Waals surface area (Å²) in [5.74, 6) is 0.0791. The van der Waals surface area contributed by atoms with Crippen molar-refractivity contribution in [3.8, 4) is 0 Å². The monoisotopic (exact) mass is 198 g/mol. The second kappa shape index (κ2) is 4.03. The van der Waals surface area contributed by atoms with E-state index in [9.17, 15) is 5.11 Å². The van der Waals surface area contributed by atoms with Crippen molar-refractivity contribution in [1.82, 2.24) is 0 Å². The maximum absolute atomic E-state index is 10.5. The number of hydrogen-bond donors (Lipinski definition) is 1. The van der Waals surface area contributed by atoms with E-state index >= 15 is 0 Å². The van der Waals surface area contributed by atoms with Crippen LogP contribution in [-0.2, 0) is 4.74 Å². The van der Waals surface area contributed by atoms with Crippen LogP contribution in [0.1, 0.15) is 40.0 Å². The van der Waals surface area contributed by atoms with Gasteiger partial charge in [0.2, 0.25) is 0 Å². The normalized spacial score (nSPS) is 36.7. The van der Waals surface area contributed by atoms with Crippen LogP contribution in [0.4, 0.5) is 0 Å². The van der Waals surface area contributed by atoms with E-state index in [0.29, 0.717) is 13.0 Å². The molecule has 0 aromatic heterocycles. The summed E-state index contributed by atoms with van der Waals surface area (Å²) in [6.45, 7) is 10.5. The smallest absolute Gasteiger partial charge is 0.0759 e. The molecule has 2 nitrogen and oxygen atoms in total. The highest BCUT2D eigenvalue weighted by Gasteiger charge is 2.44. The summed E-state index contributed by atoms with van der Waals surface area (Å²) in [5, 5.41) is 10.5. The minimum absolute atomic E-state index is 0.0791. The van der Waals surface area contributed by atoms with E-state index in [1.54, 1.807) is 0 Å². The predicted molar refractivity (Wildman–Crippen MR) is 58.2 cm³/mol. The van der Waals surface area contributed by atoms with Gasteiger partial charge in [0.1, 0.15) is 0 Å². The first-order chi connectivity index (χ1) is 6.43. The van der Waals surface area contributed by atoms with Crippen molar-refractivity contribution in [2.24, 2.45) is 5.92 Å². The van der Waals surface area contributed by atoms with Crippen molar-refractivity contribution in [2.45, 2.75) is 51.2 Å². The van der Waals surface area contributed by atoms with Crippen LogP contribution < -0.4 is 0 Å². The zero-order valence-electron chi connectivity index (χ0n) is 9.55. The van der Waals surface area contributed by atoms with Crippen LogP contribution in [0.2, 0.25) is 0 Å². The maximum atomic E-state index is 10.5. The Balaban J connectivity index is 2.79. The van der Waals surface area contributed by atoms with Gasteiger partial charge in [-0.25, -0.2) is 0 Å². The Morgan fingerprint density at radius 1 is 1.57 bits per heavy atom. The molecule has 0 radical (unpaired) electrons. The third-order valence-electron chi connectivity index (χ3n) is 3.04. The van der Waals surface area contributed by atoms with E-state index in [4.69, 9.17) is 4.74 Å². The van der Waals surface area contributed by atoms with Crippen molar-refractivity contribution < 1.29 is 9.84 Å². The molecule has 82 valence electrons. The van der Waals surface area contributed by atoms with Crippen molar-refractivity contribution >= 4 is 0 Å². The minimum Gasteiger partial charge on any atom is -0.389 e. The zero-order valence-corrected chi connectivity index (χ0v) is 9.55. The molecule has 1 N–H and O–H groups in total. The molecule has 0 saturated carbocycles. The number of ether oxygens (including phenoxy) is 1. The minimum atomic E-state index is -0.613. The fourth-order valence-corrected chi connectivity index (χ4v) is 2.38. The van der Waals surface area contributed by atoms with Gasteiger partial charge in [-0.1, -0.05) is 19.4 Å². The molecule has 1 saturated heterocycles. The summed E-state index contributed by atoms with van der Waals surface area (Å²) in [6, 6.07) is 0. The topological polar surface area (TPSA) is 29.5 Å². The second-order valence-electron chi connectivity index (χ2n) is 4.94. The summed E-state index contributed by atoms with van der Waals surface area (Å²) in [6.07, 6.45) is 4.35. The second-order valence-corrected chi connectivity index (χ2v) is 4.94. The molecular weight excluding hydrogens is 176 g/mol. The lowest BCUT2D eigenvalue weighted by molar-refractivity contribution is -0.170. The molecule has 1 aliphatic heterocycles. The van der Waals surface area contributed by atoms with Crippen LogP contribution in [-0.4, -0.2) is 22.9 Å². The molecule has 14 heavy (non-hydrogen) atoms. The van der Waals surface area contributed by atoms with E-state index in [1.165, 1.54) is 0 Å². The Morgan fingerprint density at radius 2 is 2.21 bits per heavy atom. The lowest BCUT2D eigenvalue weighted by Crippen LogP contribution is -2.51. The lowest BCUT2D eigenvalue weighted by atomic mass is 9.74. The molecule has 0 amide bonds. The van der Waals surface area contributed by atoms with Gasteiger partial charge in [-0.2, -0.15) is 0 Å². The summed E-state index contributed by atoms with van der Waals surface area (Å²) < 4.78 is 5.68. The van der Waals surface area contributed by atoms with Crippen LogP contribution in [0.5, 0.6) is 0 Å². The van der Waals surface area contributed by atoms with Crippen LogP contribution in [0.3, 0.4) is 0 Å². The summed E-state index contributed by atoms with van der Waals surface area (Å²) in [7, 11) is 0. The van der Waals surface area contributed by atoms with Gasteiger partial charge in [0.05, 0.1) is 17.8 Å². The number of aliphatic hydroxyl groups is 1. The van der Waals surface area contributed by atoms with Gasteiger partial charge in [-0.3, -0.25) is 0 Å². The lowest BCUT2D eigenvalue weighted by Gasteiger charge is -2.46. The average molecular weight is 198 g/mol. The molecule has 0 aromatic rings. The first kappa shape index (κ1) is 11.7. The Morgan fingerprint density at radius 3 is 2.71 bits per heavy atom. The Bertz CT molecular complexity index is 210. The summed E-state index contributed by atoms with van der Waals surface area (Å²) in [5.41, 5.74) is -0.818.